The molecule has 0 radical (unpaired) electrons. The third-order valence-electron chi connectivity index (χ3n) is 9.44. The predicted octanol–water partition coefficient (Wildman–Crippen LogP) is 5.08. The quantitative estimate of drug-likeness (QED) is 0.530. The van der Waals surface area contributed by atoms with E-state index in [0.717, 1.165) is 57.9 Å². The van der Waals surface area contributed by atoms with Gasteiger partial charge in [0.15, 0.2) is 0 Å². The largest absolute Gasteiger partial charge is 0.330 e. The van der Waals surface area contributed by atoms with Crippen LogP contribution in [0.25, 0.3) is 0 Å². The minimum absolute atomic E-state index is 0.131. The number of hydrogen-bond acceptors (Lipinski definition) is 3. The zero-order chi connectivity index (χ0) is 19.9. The SMILES string of the molecule is C[C@]12CC[C@@H](C=CCCCCN)CC1C(=O)C[C@@H]1[C@@H]2CC[C@]2(C)C(=O)CC[C@@H]12. The van der Waals surface area contributed by atoms with Gasteiger partial charge in [0.1, 0.15) is 11.6 Å². The first-order valence-electron chi connectivity index (χ1n) is 11.8. The second kappa shape index (κ2) is 7.70. The third-order valence-corrected chi connectivity index (χ3v) is 9.44. The highest BCUT2D eigenvalue weighted by molar-refractivity contribution is 5.88. The van der Waals surface area contributed by atoms with Crippen LogP contribution in [0.4, 0.5) is 0 Å². The minimum atomic E-state index is -0.131. The first-order valence-corrected chi connectivity index (χ1v) is 11.8. The zero-order valence-electron chi connectivity index (χ0n) is 17.9. The van der Waals surface area contributed by atoms with E-state index in [-0.39, 0.29) is 16.7 Å². The van der Waals surface area contributed by atoms with Gasteiger partial charge in [-0.1, -0.05) is 26.0 Å². The predicted molar refractivity (Wildman–Crippen MR) is 113 cm³/mol. The molecule has 3 nitrogen and oxygen atoms in total. The summed E-state index contributed by atoms with van der Waals surface area (Å²) in [6.45, 7) is 5.40. The Morgan fingerprint density at radius 3 is 2.68 bits per heavy atom. The monoisotopic (exact) mass is 385 g/mol. The van der Waals surface area contributed by atoms with E-state index < -0.39 is 0 Å². The van der Waals surface area contributed by atoms with Gasteiger partial charge in [0.25, 0.3) is 0 Å². The van der Waals surface area contributed by atoms with Crippen LogP contribution in [0.5, 0.6) is 0 Å². The summed E-state index contributed by atoms with van der Waals surface area (Å²) in [6.07, 6.45) is 16.3. The van der Waals surface area contributed by atoms with Crippen LogP contribution >= 0.6 is 0 Å². The van der Waals surface area contributed by atoms with E-state index in [9.17, 15) is 9.59 Å². The van der Waals surface area contributed by atoms with Crippen LogP contribution in [0.15, 0.2) is 12.2 Å². The second-order valence-electron chi connectivity index (χ2n) is 10.8. The van der Waals surface area contributed by atoms with Crippen molar-refractivity contribution >= 4 is 11.6 Å². The number of carbonyl (C=O) groups excluding carboxylic acids is 2. The fraction of sp³-hybridized carbons (Fsp3) is 0.840. The molecule has 0 aromatic rings. The van der Waals surface area contributed by atoms with Crippen molar-refractivity contribution in [2.24, 2.45) is 46.2 Å². The van der Waals surface area contributed by atoms with E-state index in [1.165, 1.54) is 19.3 Å². The Hall–Kier alpha value is -0.960. The van der Waals surface area contributed by atoms with Crippen LogP contribution < -0.4 is 5.73 Å². The fourth-order valence-corrected chi connectivity index (χ4v) is 7.71. The summed E-state index contributed by atoms with van der Waals surface area (Å²) in [7, 11) is 0. The number of nitrogens with two attached hydrogens (primary N) is 1. The van der Waals surface area contributed by atoms with Crippen LogP contribution in [0, 0.1) is 40.4 Å². The molecule has 4 saturated carbocycles. The molecule has 1 unspecified atom stereocenters. The lowest BCUT2D eigenvalue weighted by Gasteiger charge is -2.59. The average molecular weight is 386 g/mol. The number of Topliss-reactive ketones (excluding diaryl/α,β-unsaturated/α-hetero) is 2. The highest BCUT2D eigenvalue weighted by Crippen LogP contribution is 2.65. The average Bonchev–Trinajstić information content (AvgIpc) is 2.98. The summed E-state index contributed by atoms with van der Waals surface area (Å²) in [5.74, 6) is 3.35. The first kappa shape index (κ1) is 20.3. The number of allylic oxidation sites excluding steroid dienone is 2. The summed E-state index contributed by atoms with van der Waals surface area (Å²) in [5, 5.41) is 0. The Balaban J connectivity index is 1.47. The van der Waals surface area contributed by atoms with E-state index in [1.807, 2.05) is 0 Å². The normalized spacial score (nSPS) is 45.8. The highest BCUT2D eigenvalue weighted by Gasteiger charge is 2.62. The van der Waals surface area contributed by atoms with Gasteiger partial charge in [-0.15, -0.1) is 0 Å². The van der Waals surface area contributed by atoms with Crippen LogP contribution in [0.2, 0.25) is 0 Å². The van der Waals surface area contributed by atoms with Crippen LogP contribution in [0.3, 0.4) is 0 Å². The van der Waals surface area contributed by atoms with Crippen molar-refractivity contribution in [3.63, 3.8) is 0 Å². The van der Waals surface area contributed by atoms with Crippen molar-refractivity contribution in [1.82, 2.24) is 0 Å². The van der Waals surface area contributed by atoms with Gasteiger partial charge >= 0.3 is 0 Å². The van der Waals surface area contributed by atoms with Crippen molar-refractivity contribution in [2.45, 2.75) is 84.5 Å². The number of carbonyl (C=O) groups is 2. The van der Waals surface area contributed by atoms with E-state index in [4.69, 9.17) is 5.73 Å². The second-order valence-corrected chi connectivity index (χ2v) is 10.8. The molecule has 2 N–H and O–H groups in total. The Bertz CT molecular complexity index is 655. The van der Waals surface area contributed by atoms with Crippen LogP contribution in [-0.2, 0) is 9.59 Å². The molecule has 156 valence electrons. The van der Waals surface area contributed by atoms with Gasteiger partial charge in [-0.25, -0.2) is 0 Å². The lowest BCUT2D eigenvalue weighted by atomic mass is 9.44. The van der Waals surface area contributed by atoms with Gasteiger partial charge in [0, 0.05) is 24.2 Å². The van der Waals surface area contributed by atoms with E-state index >= 15 is 0 Å². The first-order chi connectivity index (χ1) is 13.4. The molecule has 0 bridgehead atoms. The molecule has 0 heterocycles. The Morgan fingerprint density at radius 2 is 1.89 bits per heavy atom. The molecule has 4 aliphatic rings. The number of unbranched alkanes of at least 4 members (excludes halogenated alkanes) is 2. The maximum atomic E-state index is 13.3. The van der Waals surface area contributed by atoms with Gasteiger partial charge in [-0.3, -0.25) is 9.59 Å². The Labute approximate surface area is 170 Å². The van der Waals surface area contributed by atoms with E-state index in [2.05, 4.69) is 26.0 Å². The smallest absolute Gasteiger partial charge is 0.139 e. The van der Waals surface area contributed by atoms with Crippen molar-refractivity contribution in [3.8, 4) is 0 Å². The standard InChI is InChI=1S/C25H39NO2/c1-24-12-10-17(7-5-3-4-6-14-26)15-21(24)22(27)16-18-19-8-9-23(28)25(19,2)13-11-20(18)24/h5,7,17-21H,3-4,6,8-16,26H2,1-2H3/t17-,18+,19+,20+,21?,24-,25+/m1/s1. The number of hydrogen-bond donors (Lipinski definition) is 1. The molecular formula is C25H39NO2. The Morgan fingerprint density at radius 1 is 1.07 bits per heavy atom. The van der Waals surface area contributed by atoms with Crippen molar-refractivity contribution < 1.29 is 9.59 Å². The summed E-state index contributed by atoms with van der Waals surface area (Å²) in [6, 6.07) is 0. The molecule has 7 atom stereocenters. The molecular weight excluding hydrogens is 346 g/mol. The Kier molecular flexibility index (Phi) is 5.59. The highest BCUT2D eigenvalue weighted by atomic mass is 16.1. The molecule has 0 aromatic carbocycles. The number of rotatable bonds is 5. The van der Waals surface area contributed by atoms with Gasteiger partial charge in [-0.05, 0) is 93.4 Å². The van der Waals surface area contributed by atoms with Crippen LogP contribution in [-0.4, -0.2) is 18.1 Å². The molecule has 0 aliphatic heterocycles. The van der Waals surface area contributed by atoms with Crippen molar-refractivity contribution in [1.29, 1.82) is 0 Å². The maximum absolute atomic E-state index is 13.3. The van der Waals surface area contributed by atoms with Gasteiger partial charge in [-0.2, -0.15) is 0 Å². The molecule has 0 aromatic heterocycles. The van der Waals surface area contributed by atoms with E-state index in [1.54, 1.807) is 0 Å². The molecule has 28 heavy (non-hydrogen) atoms. The maximum Gasteiger partial charge on any atom is 0.139 e. The lowest BCUT2D eigenvalue weighted by molar-refractivity contribution is -0.157. The van der Waals surface area contributed by atoms with Crippen LogP contribution in [0.1, 0.15) is 84.5 Å². The molecule has 0 saturated heterocycles. The van der Waals surface area contributed by atoms with Gasteiger partial charge < -0.3 is 5.73 Å². The van der Waals surface area contributed by atoms with E-state index in [0.29, 0.717) is 35.2 Å². The van der Waals surface area contributed by atoms with Gasteiger partial charge in [0.05, 0.1) is 0 Å². The molecule has 4 fully saturated rings. The molecule has 4 aliphatic carbocycles. The van der Waals surface area contributed by atoms with Crippen molar-refractivity contribution in [2.75, 3.05) is 6.54 Å². The van der Waals surface area contributed by atoms with Gasteiger partial charge in [0.2, 0.25) is 0 Å². The third kappa shape index (κ3) is 3.22. The number of ketones is 2. The summed E-state index contributed by atoms with van der Waals surface area (Å²) >= 11 is 0. The summed E-state index contributed by atoms with van der Waals surface area (Å²) in [4.78, 5) is 25.9. The minimum Gasteiger partial charge on any atom is -0.330 e. The molecule has 4 rings (SSSR count). The zero-order valence-corrected chi connectivity index (χ0v) is 17.9. The summed E-state index contributed by atoms with van der Waals surface area (Å²) in [5.41, 5.74) is 5.61. The van der Waals surface area contributed by atoms with Crippen molar-refractivity contribution in [3.05, 3.63) is 12.2 Å². The topological polar surface area (TPSA) is 60.2 Å². The summed E-state index contributed by atoms with van der Waals surface area (Å²) < 4.78 is 0. The lowest BCUT2D eigenvalue weighted by Crippen LogP contribution is -2.56. The fourth-order valence-electron chi connectivity index (χ4n) is 7.71. The number of fused-ring (bicyclic) bond motifs is 5. The molecule has 3 heteroatoms. The molecule has 0 amide bonds. The molecule has 0 spiro atoms.